The first-order valence-corrected chi connectivity index (χ1v) is 6.43. The van der Waals surface area contributed by atoms with Gasteiger partial charge >= 0.3 is 0 Å². The molecule has 0 radical (unpaired) electrons. The topological polar surface area (TPSA) is 55.1 Å². The number of nitrogens with two attached hydrogens (primary N) is 1. The van der Waals surface area contributed by atoms with Crippen molar-refractivity contribution in [3.8, 4) is 0 Å². The van der Waals surface area contributed by atoms with Crippen molar-refractivity contribution in [2.75, 3.05) is 6.54 Å². The van der Waals surface area contributed by atoms with Gasteiger partial charge in [-0.15, -0.1) is 23.7 Å². The minimum atomic E-state index is -0.564. The molecule has 0 bridgehead atoms. The molecule has 3 N–H and O–H groups in total. The molecule has 1 fully saturated rings. The van der Waals surface area contributed by atoms with Gasteiger partial charge in [0.2, 0.25) is 5.91 Å². The van der Waals surface area contributed by atoms with Crippen LogP contribution in [0.1, 0.15) is 31.6 Å². The minimum Gasteiger partial charge on any atom is -0.354 e. The molecular formula is C12H19ClN2OS. The van der Waals surface area contributed by atoms with Crippen molar-refractivity contribution in [3.05, 3.63) is 22.4 Å². The highest BCUT2D eigenvalue weighted by molar-refractivity contribution is 7.10. The normalized spacial score (nSPS) is 17.1. The first kappa shape index (κ1) is 14.5. The number of hydrogen-bond acceptors (Lipinski definition) is 3. The predicted molar refractivity (Wildman–Crippen MR) is 73.8 cm³/mol. The van der Waals surface area contributed by atoms with Crippen molar-refractivity contribution >= 4 is 29.7 Å². The van der Waals surface area contributed by atoms with Gasteiger partial charge in [0, 0.05) is 16.8 Å². The third kappa shape index (κ3) is 3.21. The fourth-order valence-corrected chi connectivity index (χ4v) is 2.44. The Hall–Kier alpha value is -0.580. The van der Waals surface area contributed by atoms with E-state index in [1.54, 1.807) is 11.3 Å². The van der Waals surface area contributed by atoms with Gasteiger partial charge in [0.05, 0.1) is 5.54 Å². The summed E-state index contributed by atoms with van der Waals surface area (Å²) in [6.07, 6.45) is 1.64. The van der Waals surface area contributed by atoms with E-state index in [1.807, 2.05) is 6.07 Å². The SMILES string of the molecule is CC(C)(CNC(=O)C1(N)CC1)c1cccs1.Cl. The van der Waals surface area contributed by atoms with Crippen molar-refractivity contribution in [2.24, 2.45) is 5.73 Å². The summed E-state index contributed by atoms with van der Waals surface area (Å²) in [5.41, 5.74) is 5.25. The molecule has 96 valence electrons. The highest BCUT2D eigenvalue weighted by Crippen LogP contribution is 2.33. The molecule has 1 saturated carbocycles. The number of carbonyl (C=O) groups excluding carboxylic acids is 1. The van der Waals surface area contributed by atoms with Gasteiger partial charge in [0.15, 0.2) is 0 Å². The fourth-order valence-electron chi connectivity index (χ4n) is 1.59. The van der Waals surface area contributed by atoms with Crippen molar-refractivity contribution < 1.29 is 4.79 Å². The summed E-state index contributed by atoms with van der Waals surface area (Å²) in [4.78, 5) is 13.0. The van der Waals surface area contributed by atoms with Gasteiger partial charge in [0.1, 0.15) is 0 Å². The maximum atomic E-state index is 11.7. The van der Waals surface area contributed by atoms with Gasteiger partial charge in [-0.3, -0.25) is 4.79 Å². The van der Waals surface area contributed by atoms with E-state index < -0.39 is 5.54 Å². The molecule has 2 rings (SSSR count). The molecule has 0 spiro atoms. The average Bonchev–Trinajstić information content (AvgIpc) is 2.80. The number of halogens is 1. The van der Waals surface area contributed by atoms with Crippen LogP contribution in [0.4, 0.5) is 0 Å². The maximum Gasteiger partial charge on any atom is 0.240 e. The monoisotopic (exact) mass is 274 g/mol. The van der Waals surface area contributed by atoms with Gasteiger partial charge in [-0.25, -0.2) is 0 Å². The highest BCUT2D eigenvalue weighted by atomic mass is 35.5. The van der Waals surface area contributed by atoms with Crippen LogP contribution in [0.3, 0.4) is 0 Å². The summed E-state index contributed by atoms with van der Waals surface area (Å²) in [5, 5.41) is 5.02. The van der Waals surface area contributed by atoms with Crippen LogP contribution in [0.25, 0.3) is 0 Å². The van der Waals surface area contributed by atoms with Crippen LogP contribution in [-0.2, 0) is 10.2 Å². The molecule has 0 saturated heterocycles. The van der Waals surface area contributed by atoms with Crippen molar-refractivity contribution in [1.82, 2.24) is 5.32 Å². The zero-order valence-corrected chi connectivity index (χ0v) is 11.8. The van der Waals surface area contributed by atoms with E-state index in [1.165, 1.54) is 4.88 Å². The van der Waals surface area contributed by atoms with Crippen LogP contribution < -0.4 is 11.1 Å². The summed E-state index contributed by atoms with van der Waals surface area (Å²) in [5.74, 6) is -0.00266. The van der Waals surface area contributed by atoms with Crippen LogP contribution in [0.5, 0.6) is 0 Å². The lowest BCUT2D eigenvalue weighted by Gasteiger charge is -2.24. The zero-order chi connectivity index (χ0) is 11.8. The molecule has 1 aliphatic carbocycles. The van der Waals surface area contributed by atoms with E-state index in [0.717, 1.165) is 12.8 Å². The molecule has 17 heavy (non-hydrogen) atoms. The quantitative estimate of drug-likeness (QED) is 0.883. The van der Waals surface area contributed by atoms with Crippen molar-refractivity contribution in [3.63, 3.8) is 0 Å². The lowest BCUT2D eigenvalue weighted by molar-refractivity contribution is -0.123. The van der Waals surface area contributed by atoms with Gasteiger partial charge in [-0.1, -0.05) is 19.9 Å². The number of nitrogens with one attached hydrogen (secondary N) is 1. The van der Waals surface area contributed by atoms with Gasteiger partial charge < -0.3 is 11.1 Å². The summed E-state index contributed by atoms with van der Waals surface area (Å²) in [6.45, 7) is 4.91. The minimum absolute atomic E-state index is 0. The highest BCUT2D eigenvalue weighted by Gasteiger charge is 2.46. The second-order valence-electron chi connectivity index (χ2n) is 5.20. The van der Waals surface area contributed by atoms with Crippen LogP contribution in [-0.4, -0.2) is 18.0 Å². The second kappa shape index (κ2) is 4.96. The molecule has 0 unspecified atom stereocenters. The Morgan fingerprint density at radius 3 is 2.71 bits per heavy atom. The van der Waals surface area contributed by atoms with Gasteiger partial charge in [-0.2, -0.15) is 0 Å². The number of carbonyl (C=O) groups is 1. The van der Waals surface area contributed by atoms with Crippen molar-refractivity contribution in [1.29, 1.82) is 0 Å². The molecule has 3 nitrogen and oxygen atoms in total. The lowest BCUT2D eigenvalue weighted by Crippen LogP contribution is -2.46. The summed E-state index contributed by atoms with van der Waals surface area (Å²) >= 11 is 1.72. The summed E-state index contributed by atoms with van der Waals surface area (Å²) in [6, 6.07) is 4.14. The molecule has 1 aromatic rings. The van der Waals surface area contributed by atoms with E-state index in [4.69, 9.17) is 5.73 Å². The molecular weight excluding hydrogens is 256 g/mol. The van der Waals surface area contributed by atoms with E-state index in [9.17, 15) is 4.79 Å². The molecule has 1 aliphatic rings. The lowest BCUT2D eigenvalue weighted by atomic mass is 9.91. The summed E-state index contributed by atoms with van der Waals surface area (Å²) in [7, 11) is 0. The third-order valence-electron chi connectivity index (χ3n) is 3.12. The van der Waals surface area contributed by atoms with Crippen molar-refractivity contribution in [2.45, 2.75) is 37.6 Å². The van der Waals surface area contributed by atoms with E-state index in [0.29, 0.717) is 6.54 Å². The Morgan fingerprint density at radius 1 is 1.59 bits per heavy atom. The number of rotatable bonds is 4. The molecule has 0 atom stereocenters. The largest absolute Gasteiger partial charge is 0.354 e. The molecule has 1 heterocycles. The Labute approximate surface area is 112 Å². The molecule has 1 aromatic heterocycles. The molecule has 0 aromatic carbocycles. The maximum absolute atomic E-state index is 11.7. The third-order valence-corrected chi connectivity index (χ3v) is 4.36. The van der Waals surface area contributed by atoms with Crippen LogP contribution in [0.15, 0.2) is 17.5 Å². The number of hydrogen-bond donors (Lipinski definition) is 2. The molecule has 5 heteroatoms. The Kier molecular flexibility index (Phi) is 4.23. The fraction of sp³-hybridized carbons (Fsp3) is 0.583. The molecule has 1 amide bonds. The van der Waals surface area contributed by atoms with E-state index >= 15 is 0 Å². The Bertz CT molecular complexity index is 385. The first-order chi connectivity index (χ1) is 7.44. The standard InChI is InChI=1S/C12H18N2OS.ClH/c1-11(2,9-4-3-7-16-9)8-14-10(15)12(13)5-6-12;/h3-4,7H,5-6,8,13H2,1-2H3,(H,14,15);1H. The van der Waals surface area contributed by atoms with Crippen LogP contribution in [0, 0.1) is 0 Å². The number of amides is 1. The van der Waals surface area contributed by atoms with Gasteiger partial charge in [-0.05, 0) is 24.3 Å². The summed E-state index contributed by atoms with van der Waals surface area (Å²) < 4.78 is 0. The zero-order valence-electron chi connectivity index (χ0n) is 10.2. The van der Waals surface area contributed by atoms with Crippen LogP contribution in [0.2, 0.25) is 0 Å². The Morgan fingerprint density at radius 2 is 2.24 bits per heavy atom. The first-order valence-electron chi connectivity index (χ1n) is 5.55. The number of thiophene rings is 1. The average molecular weight is 275 g/mol. The van der Waals surface area contributed by atoms with E-state index in [-0.39, 0.29) is 23.7 Å². The van der Waals surface area contributed by atoms with Crippen LogP contribution >= 0.6 is 23.7 Å². The smallest absolute Gasteiger partial charge is 0.240 e. The van der Waals surface area contributed by atoms with E-state index in [2.05, 4.69) is 30.6 Å². The van der Waals surface area contributed by atoms with Gasteiger partial charge in [0.25, 0.3) is 0 Å². The molecule has 0 aliphatic heterocycles. The second-order valence-corrected chi connectivity index (χ2v) is 6.15. The predicted octanol–water partition coefficient (Wildman–Crippen LogP) is 2.06. The Balaban J connectivity index is 0.00000144.